The number of halogens is 2. The molecule has 5 heteroatoms. The van der Waals surface area contributed by atoms with Crippen molar-refractivity contribution >= 4 is 0 Å². The average molecular weight is 255 g/mol. The Bertz CT molecular complexity index is 403. The lowest BCUT2D eigenvalue weighted by Gasteiger charge is -2.37. The Morgan fingerprint density at radius 3 is 2.50 bits per heavy atom. The summed E-state index contributed by atoms with van der Waals surface area (Å²) in [5.41, 5.74) is 6.11. The van der Waals surface area contributed by atoms with Gasteiger partial charge in [0.1, 0.15) is 0 Å². The molecule has 1 heterocycles. The third-order valence-corrected chi connectivity index (χ3v) is 3.54. The summed E-state index contributed by atoms with van der Waals surface area (Å²) in [5, 5.41) is 0. The minimum Gasteiger partial charge on any atom is -0.329 e. The highest BCUT2D eigenvalue weighted by Gasteiger charge is 2.25. The fraction of sp³-hybridized carbons (Fsp3) is 0.538. The van der Waals surface area contributed by atoms with E-state index in [-0.39, 0.29) is 6.04 Å². The summed E-state index contributed by atoms with van der Waals surface area (Å²) < 4.78 is 27.1. The van der Waals surface area contributed by atoms with Crippen LogP contribution < -0.4 is 5.73 Å². The summed E-state index contributed by atoms with van der Waals surface area (Å²) in [6.45, 7) is 3.80. The molecule has 1 atom stereocenters. The minimum absolute atomic E-state index is 0.241. The van der Waals surface area contributed by atoms with E-state index in [1.807, 2.05) is 0 Å². The molecule has 1 aromatic rings. The first-order valence-corrected chi connectivity index (χ1v) is 6.20. The third-order valence-electron chi connectivity index (χ3n) is 3.54. The molecule has 0 bridgehead atoms. The maximum absolute atomic E-state index is 13.8. The van der Waals surface area contributed by atoms with E-state index in [1.165, 1.54) is 6.07 Å². The van der Waals surface area contributed by atoms with Crippen LogP contribution in [-0.2, 0) is 0 Å². The molecule has 2 rings (SSSR count). The topological polar surface area (TPSA) is 32.5 Å². The van der Waals surface area contributed by atoms with Crippen molar-refractivity contribution in [1.29, 1.82) is 0 Å². The van der Waals surface area contributed by atoms with Gasteiger partial charge in [-0.05, 0) is 13.1 Å². The average Bonchev–Trinajstić information content (AvgIpc) is 2.37. The van der Waals surface area contributed by atoms with Gasteiger partial charge in [0.05, 0.1) is 6.04 Å². The first kappa shape index (κ1) is 13.4. The van der Waals surface area contributed by atoms with Crippen molar-refractivity contribution in [3.05, 3.63) is 35.4 Å². The molecule has 0 amide bonds. The molecule has 1 unspecified atom stereocenters. The van der Waals surface area contributed by atoms with E-state index in [0.717, 1.165) is 32.2 Å². The van der Waals surface area contributed by atoms with E-state index in [2.05, 4.69) is 16.8 Å². The Morgan fingerprint density at radius 1 is 1.22 bits per heavy atom. The molecule has 3 nitrogen and oxygen atoms in total. The van der Waals surface area contributed by atoms with Gasteiger partial charge in [0.25, 0.3) is 0 Å². The van der Waals surface area contributed by atoms with E-state index < -0.39 is 11.6 Å². The zero-order valence-electron chi connectivity index (χ0n) is 10.6. The van der Waals surface area contributed by atoms with Crippen molar-refractivity contribution in [2.24, 2.45) is 5.73 Å². The lowest BCUT2D eigenvalue weighted by Crippen LogP contribution is -2.47. The van der Waals surface area contributed by atoms with Gasteiger partial charge >= 0.3 is 0 Å². The molecule has 0 spiro atoms. The zero-order valence-corrected chi connectivity index (χ0v) is 10.6. The van der Waals surface area contributed by atoms with Crippen molar-refractivity contribution in [1.82, 2.24) is 9.80 Å². The standard InChI is InChI=1S/C13H19F2N3/c1-17-5-7-18(8-6-17)12(9-16)10-3-2-4-11(14)13(10)15/h2-4,12H,5-9,16H2,1H3. The van der Waals surface area contributed by atoms with Crippen molar-refractivity contribution in [3.63, 3.8) is 0 Å². The lowest BCUT2D eigenvalue weighted by molar-refractivity contribution is 0.112. The summed E-state index contributed by atoms with van der Waals surface area (Å²) in [4.78, 5) is 4.34. The lowest BCUT2D eigenvalue weighted by atomic mass is 10.0. The summed E-state index contributed by atoms with van der Waals surface area (Å²) in [6, 6.07) is 4.05. The van der Waals surface area contributed by atoms with Crippen molar-refractivity contribution < 1.29 is 8.78 Å². The van der Waals surface area contributed by atoms with Crippen LogP contribution >= 0.6 is 0 Å². The first-order chi connectivity index (χ1) is 8.63. The van der Waals surface area contributed by atoms with Gasteiger partial charge in [-0.25, -0.2) is 8.78 Å². The smallest absolute Gasteiger partial charge is 0.163 e. The molecule has 1 aliphatic rings. The number of rotatable bonds is 3. The van der Waals surface area contributed by atoms with Crippen LogP contribution in [0.5, 0.6) is 0 Å². The second kappa shape index (κ2) is 5.73. The highest BCUT2D eigenvalue weighted by atomic mass is 19.2. The molecule has 1 aromatic carbocycles. The van der Waals surface area contributed by atoms with Gasteiger partial charge in [-0.2, -0.15) is 0 Å². The van der Waals surface area contributed by atoms with Gasteiger partial charge in [-0.1, -0.05) is 12.1 Å². The highest BCUT2D eigenvalue weighted by molar-refractivity contribution is 5.23. The number of piperazine rings is 1. The minimum atomic E-state index is -0.805. The Hall–Kier alpha value is -1.04. The second-order valence-corrected chi connectivity index (χ2v) is 4.73. The fourth-order valence-corrected chi connectivity index (χ4v) is 2.38. The van der Waals surface area contributed by atoms with E-state index in [9.17, 15) is 8.78 Å². The number of hydrogen-bond acceptors (Lipinski definition) is 3. The largest absolute Gasteiger partial charge is 0.329 e. The predicted octanol–water partition coefficient (Wildman–Crippen LogP) is 1.21. The summed E-state index contributed by atoms with van der Waals surface area (Å²) in [7, 11) is 2.05. The van der Waals surface area contributed by atoms with Gasteiger partial charge in [0, 0.05) is 38.3 Å². The van der Waals surface area contributed by atoms with Gasteiger partial charge in [0.2, 0.25) is 0 Å². The molecular formula is C13H19F2N3. The number of nitrogens with two attached hydrogens (primary N) is 1. The molecule has 2 N–H and O–H groups in total. The molecule has 0 aliphatic carbocycles. The molecule has 0 aromatic heterocycles. The van der Waals surface area contributed by atoms with Crippen LogP contribution in [0.3, 0.4) is 0 Å². The number of benzene rings is 1. The molecule has 1 aliphatic heterocycles. The van der Waals surface area contributed by atoms with Crippen LogP contribution in [0.25, 0.3) is 0 Å². The molecule has 1 saturated heterocycles. The molecule has 1 fully saturated rings. The quantitative estimate of drug-likeness (QED) is 0.881. The van der Waals surface area contributed by atoms with Crippen molar-refractivity contribution in [2.75, 3.05) is 39.8 Å². The van der Waals surface area contributed by atoms with Crippen LogP contribution in [-0.4, -0.2) is 49.6 Å². The van der Waals surface area contributed by atoms with E-state index in [0.29, 0.717) is 12.1 Å². The summed E-state index contributed by atoms with van der Waals surface area (Å²) in [5.74, 6) is -1.58. The van der Waals surface area contributed by atoms with Crippen LogP contribution in [0.1, 0.15) is 11.6 Å². The molecule has 0 saturated carbocycles. The normalized spacial score (nSPS) is 20.0. The summed E-state index contributed by atoms with van der Waals surface area (Å²) in [6.07, 6.45) is 0. The molecule has 0 radical (unpaired) electrons. The zero-order chi connectivity index (χ0) is 13.1. The Kier molecular flexibility index (Phi) is 4.27. The van der Waals surface area contributed by atoms with E-state index in [4.69, 9.17) is 5.73 Å². The van der Waals surface area contributed by atoms with Crippen LogP contribution in [0.2, 0.25) is 0 Å². The van der Waals surface area contributed by atoms with E-state index in [1.54, 1.807) is 6.07 Å². The predicted molar refractivity (Wildman–Crippen MR) is 67.2 cm³/mol. The SMILES string of the molecule is CN1CCN(C(CN)c2cccc(F)c2F)CC1. The van der Waals surface area contributed by atoms with Crippen LogP contribution in [0, 0.1) is 11.6 Å². The van der Waals surface area contributed by atoms with E-state index >= 15 is 0 Å². The number of hydrogen-bond donors (Lipinski definition) is 1. The maximum atomic E-state index is 13.8. The van der Waals surface area contributed by atoms with Gasteiger partial charge in [-0.3, -0.25) is 4.90 Å². The second-order valence-electron chi connectivity index (χ2n) is 4.73. The molecule has 18 heavy (non-hydrogen) atoms. The molecular weight excluding hydrogens is 236 g/mol. The van der Waals surface area contributed by atoms with Crippen LogP contribution in [0.15, 0.2) is 18.2 Å². The van der Waals surface area contributed by atoms with Crippen molar-refractivity contribution in [3.8, 4) is 0 Å². The third kappa shape index (κ3) is 2.68. The fourth-order valence-electron chi connectivity index (χ4n) is 2.38. The number of likely N-dealkylation sites (N-methyl/N-ethyl adjacent to an activating group) is 1. The Morgan fingerprint density at radius 2 is 1.89 bits per heavy atom. The van der Waals surface area contributed by atoms with Crippen molar-refractivity contribution in [2.45, 2.75) is 6.04 Å². The Balaban J connectivity index is 2.20. The van der Waals surface area contributed by atoms with Gasteiger partial charge in [-0.15, -0.1) is 0 Å². The Labute approximate surface area is 106 Å². The summed E-state index contributed by atoms with van der Waals surface area (Å²) >= 11 is 0. The highest BCUT2D eigenvalue weighted by Crippen LogP contribution is 2.24. The molecule has 100 valence electrons. The number of nitrogens with zero attached hydrogens (tertiary/aromatic N) is 2. The van der Waals surface area contributed by atoms with Gasteiger partial charge in [0.15, 0.2) is 11.6 Å². The maximum Gasteiger partial charge on any atom is 0.163 e. The first-order valence-electron chi connectivity index (χ1n) is 6.20. The monoisotopic (exact) mass is 255 g/mol. The van der Waals surface area contributed by atoms with Gasteiger partial charge < -0.3 is 10.6 Å². The van der Waals surface area contributed by atoms with Crippen LogP contribution in [0.4, 0.5) is 8.78 Å².